The fourth-order valence-electron chi connectivity index (χ4n) is 3.33. The Bertz CT molecular complexity index is 692. The Labute approximate surface area is 136 Å². The Hall–Kier alpha value is -1.68. The standard InChI is InChI=1S/C18H22N2OS/c1-12-7-4-5-8-15(12)16-9-6-10-20(16)18(21)11-17-13(2)19-14(3)22-17/h4-5,7-8,16H,6,9-11H2,1-3H3/t16-/m0/s1. The van der Waals surface area contributed by atoms with Gasteiger partial charge in [0, 0.05) is 11.4 Å². The minimum absolute atomic E-state index is 0.234. The average Bonchev–Trinajstić information content (AvgIpc) is 3.06. The number of carbonyl (C=O) groups is 1. The maximum absolute atomic E-state index is 12.8. The molecule has 0 bridgehead atoms. The summed E-state index contributed by atoms with van der Waals surface area (Å²) in [4.78, 5) is 20.4. The van der Waals surface area contributed by atoms with Crippen LogP contribution in [0.1, 0.15) is 45.6 Å². The minimum Gasteiger partial charge on any atom is -0.335 e. The molecule has 0 spiro atoms. The smallest absolute Gasteiger partial charge is 0.228 e. The molecule has 1 aromatic heterocycles. The molecule has 2 aromatic rings. The van der Waals surface area contributed by atoms with Crippen LogP contribution < -0.4 is 0 Å². The van der Waals surface area contributed by atoms with Crippen LogP contribution in [0.2, 0.25) is 0 Å². The molecule has 0 N–H and O–H groups in total. The number of amides is 1. The molecule has 1 aliphatic rings. The van der Waals surface area contributed by atoms with E-state index in [1.807, 2.05) is 13.8 Å². The summed E-state index contributed by atoms with van der Waals surface area (Å²) in [5, 5.41) is 1.04. The summed E-state index contributed by atoms with van der Waals surface area (Å²) in [6, 6.07) is 8.66. The Balaban J connectivity index is 1.80. The van der Waals surface area contributed by atoms with Crippen molar-refractivity contribution in [3.8, 4) is 0 Å². The van der Waals surface area contributed by atoms with E-state index in [1.165, 1.54) is 11.1 Å². The fourth-order valence-corrected chi connectivity index (χ4v) is 4.25. The van der Waals surface area contributed by atoms with Gasteiger partial charge >= 0.3 is 0 Å². The van der Waals surface area contributed by atoms with Crippen molar-refractivity contribution in [2.24, 2.45) is 0 Å². The number of aryl methyl sites for hydroxylation is 3. The van der Waals surface area contributed by atoms with Gasteiger partial charge in [0.05, 0.1) is 23.2 Å². The summed E-state index contributed by atoms with van der Waals surface area (Å²) < 4.78 is 0. The first-order valence-electron chi connectivity index (χ1n) is 7.84. The Morgan fingerprint density at radius 3 is 2.77 bits per heavy atom. The van der Waals surface area contributed by atoms with Crippen molar-refractivity contribution < 1.29 is 4.79 Å². The predicted octanol–water partition coefficient (Wildman–Crippen LogP) is 3.97. The van der Waals surface area contributed by atoms with Crippen LogP contribution in [-0.2, 0) is 11.2 Å². The summed E-state index contributed by atoms with van der Waals surface area (Å²) in [6.07, 6.45) is 2.64. The van der Waals surface area contributed by atoms with Crippen LogP contribution in [0.5, 0.6) is 0 Å². The van der Waals surface area contributed by atoms with Crippen molar-refractivity contribution in [1.82, 2.24) is 9.88 Å². The maximum Gasteiger partial charge on any atom is 0.228 e. The summed E-state index contributed by atoms with van der Waals surface area (Å²) in [5.74, 6) is 0.234. The third kappa shape index (κ3) is 2.93. The molecule has 1 atom stereocenters. The maximum atomic E-state index is 12.8. The first-order valence-corrected chi connectivity index (χ1v) is 8.66. The number of hydrogen-bond donors (Lipinski definition) is 0. The topological polar surface area (TPSA) is 33.2 Å². The van der Waals surface area contributed by atoms with Crippen molar-refractivity contribution in [3.63, 3.8) is 0 Å². The van der Waals surface area contributed by atoms with Gasteiger partial charge in [0.1, 0.15) is 0 Å². The number of thiazole rings is 1. The second-order valence-corrected chi connectivity index (χ2v) is 7.31. The molecule has 4 heteroatoms. The van der Waals surface area contributed by atoms with Gasteiger partial charge in [-0.15, -0.1) is 11.3 Å². The van der Waals surface area contributed by atoms with Crippen LogP contribution in [0.15, 0.2) is 24.3 Å². The zero-order chi connectivity index (χ0) is 15.7. The Kier molecular flexibility index (Phi) is 4.30. The van der Waals surface area contributed by atoms with E-state index < -0.39 is 0 Å². The lowest BCUT2D eigenvalue weighted by molar-refractivity contribution is -0.131. The first-order chi connectivity index (χ1) is 10.6. The van der Waals surface area contributed by atoms with Gasteiger partial charge < -0.3 is 4.90 Å². The zero-order valence-corrected chi connectivity index (χ0v) is 14.2. The van der Waals surface area contributed by atoms with E-state index >= 15 is 0 Å². The molecule has 22 heavy (non-hydrogen) atoms. The number of benzene rings is 1. The van der Waals surface area contributed by atoms with Crippen LogP contribution in [0.25, 0.3) is 0 Å². The summed E-state index contributed by atoms with van der Waals surface area (Å²) in [5.41, 5.74) is 3.57. The molecular formula is C18H22N2OS. The first kappa shape index (κ1) is 15.2. The SMILES string of the molecule is Cc1nc(C)c(CC(=O)N2CCC[C@H]2c2ccccc2C)s1. The van der Waals surface area contributed by atoms with Gasteiger partial charge in [-0.25, -0.2) is 4.98 Å². The van der Waals surface area contributed by atoms with E-state index in [9.17, 15) is 4.79 Å². The number of carbonyl (C=O) groups excluding carboxylic acids is 1. The highest BCUT2D eigenvalue weighted by molar-refractivity contribution is 7.11. The molecule has 1 fully saturated rings. The molecule has 0 unspecified atom stereocenters. The van der Waals surface area contributed by atoms with E-state index in [0.29, 0.717) is 6.42 Å². The van der Waals surface area contributed by atoms with Crippen LogP contribution in [0.3, 0.4) is 0 Å². The van der Waals surface area contributed by atoms with E-state index in [-0.39, 0.29) is 11.9 Å². The fraction of sp³-hybridized carbons (Fsp3) is 0.444. The lowest BCUT2D eigenvalue weighted by Crippen LogP contribution is -2.32. The van der Waals surface area contributed by atoms with Crippen molar-refractivity contribution >= 4 is 17.2 Å². The lowest BCUT2D eigenvalue weighted by Gasteiger charge is -2.26. The number of rotatable bonds is 3. The third-order valence-electron chi connectivity index (χ3n) is 4.43. The number of aromatic nitrogens is 1. The largest absolute Gasteiger partial charge is 0.335 e. The van der Waals surface area contributed by atoms with Crippen molar-refractivity contribution in [2.45, 2.75) is 46.1 Å². The molecular weight excluding hydrogens is 292 g/mol. The van der Waals surface area contributed by atoms with E-state index in [4.69, 9.17) is 0 Å². The predicted molar refractivity (Wildman–Crippen MR) is 90.2 cm³/mol. The quantitative estimate of drug-likeness (QED) is 0.858. The van der Waals surface area contributed by atoms with Crippen molar-refractivity contribution in [1.29, 1.82) is 0 Å². The Morgan fingerprint density at radius 2 is 2.09 bits per heavy atom. The number of likely N-dealkylation sites (tertiary alicyclic amines) is 1. The van der Waals surface area contributed by atoms with E-state index in [0.717, 1.165) is 35.0 Å². The highest BCUT2D eigenvalue weighted by Crippen LogP contribution is 2.34. The highest BCUT2D eigenvalue weighted by atomic mass is 32.1. The lowest BCUT2D eigenvalue weighted by atomic mass is 9.99. The summed E-state index contributed by atoms with van der Waals surface area (Å²) in [7, 11) is 0. The molecule has 3 rings (SSSR count). The molecule has 0 aliphatic carbocycles. The Morgan fingerprint density at radius 1 is 1.32 bits per heavy atom. The van der Waals surface area contributed by atoms with Crippen LogP contribution in [0, 0.1) is 20.8 Å². The third-order valence-corrected chi connectivity index (χ3v) is 5.50. The summed E-state index contributed by atoms with van der Waals surface area (Å²) >= 11 is 1.64. The van der Waals surface area contributed by atoms with Gasteiger partial charge in [-0.2, -0.15) is 0 Å². The molecule has 0 radical (unpaired) electrons. The van der Waals surface area contributed by atoms with Crippen LogP contribution in [-0.4, -0.2) is 22.3 Å². The molecule has 1 amide bonds. The highest BCUT2D eigenvalue weighted by Gasteiger charge is 2.31. The van der Waals surface area contributed by atoms with Gasteiger partial charge in [-0.05, 0) is 44.7 Å². The van der Waals surface area contributed by atoms with E-state index in [2.05, 4.69) is 41.1 Å². The van der Waals surface area contributed by atoms with Gasteiger partial charge in [-0.1, -0.05) is 24.3 Å². The molecule has 1 aliphatic heterocycles. The second-order valence-electron chi connectivity index (χ2n) is 6.02. The number of hydrogen-bond acceptors (Lipinski definition) is 3. The minimum atomic E-state index is 0.234. The monoisotopic (exact) mass is 314 g/mol. The molecule has 2 heterocycles. The molecule has 1 aromatic carbocycles. The van der Waals surface area contributed by atoms with Gasteiger partial charge in [-0.3, -0.25) is 4.79 Å². The van der Waals surface area contributed by atoms with Gasteiger partial charge in [0.15, 0.2) is 0 Å². The molecule has 3 nitrogen and oxygen atoms in total. The van der Waals surface area contributed by atoms with Crippen molar-refractivity contribution in [2.75, 3.05) is 6.54 Å². The molecule has 116 valence electrons. The molecule has 1 saturated heterocycles. The molecule has 0 saturated carbocycles. The van der Waals surface area contributed by atoms with Crippen molar-refractivity contribution in [3.05, 3.63) is 51.0 Å². The van der Waals surface area contributed by atoms with Gasteiger partial charge in [0.25, 0.3) is 0 Å². The van der Waals surface area contributed by atoms with Crippen LogP contribution >= 0.6 is 11.3 Å². The number of nitrogens with zero attached hydrogens (tertiary/aromatic N) is 2. The second kappa shape index (κ2) is 6.21. The summed E-state index contributed by atoms with van der Waals surface area (Å²) in [6.45, 7) is 6.99. The zero-order valence-electron chi connectivity index (χ0n) is 13.4. The normalized spacial score (nSPS) is 18.0. The average molecular weight is 314 g/mol. The van der Waals surface area contributed by atoms with Crippen LogP contribution in [0.4, 0.5) is 0 Å². The van der Waals surface area contributed by atoms with E-state index in [1.54, 1.807) is 11.3 Å². The van der Waals surface area contributed by atoms with Gasteiger partial charge in [0.2, 0.25) is 5.91 Å².